The minimum Gasteiger partial charge on any atom is -0.377 e. The molecule has 1 aromatic rings. The van der Waals surface area contributed by atoms with Crippen molar-refractivity contribution >= 4 is 0 Å². The first kappa shape index (κ1) is 20.6. The Morgan fingerprint density at radius 1 is 1.08 bits per heavy atom. The van der Waals surface area contributed by atoms with E-state index >= 15 is 0 Å². The number of hydrogen-bond donors (Lipinski definition) is 1. The highest BCUT2D eigenvalue weighted by molar-refractivity contribution is 5.01. The third kappa shape index (κ3) is 8.98. The van der Waals surface area contributed by atoms with E-state index in [2.05, 4.69) is 11.0 Å². The maximum Gasteiger partial charge on any atom is 0.197 e. The fourth-order valence-corrected chi connectivity index (χ4v) is 1.80. The van der Waals surface area contributed by atoms with Gasteiger partial charge in [-0.2, -0.15) is 5.10 Å². The van der Waals surface area contributed by atoms with Crippen molar-refractivity contribution in [3.8, 4) is 12.3 Å². The molecule has 0 aromatic carbocycles. The van der Waals surface area contributed by atoms with Crippen LogP contribution in [0, 0.1) is 12.3 Å². The van der Waals surface area contributed by atoms with Gasteiger partial charge in [0.1, 0.15) is 6.61 Å². The van der Waals surface area contributed by atoms with Crippen molar-refractivity contribution in [2.45, 2.75) is 12.8 Å². The van der Waals surface area contributed by atoms with E-state index in [0.29, 0.717) is 65.1 Å². The number of methoxy groups -OCH3 is 1. The van der Waals surface area contributed by atoms with Gasteiger partial charge in [-0.1, -0.05) is 5.92 Å². The molecule has 8 heteroatoms. The van der Waals surface area contributed by atoms with Gasteiger partial charge in [0.05, 0.1) is 58.5 Å². The van der Waals surface area contributed by atoms with E-state index in [1.807, 2.05) is 0 Å². The lowest BCUT2D eigenvalue weighted by atomic mass is 10.4. The lowest BCUT2D eigenvalue weighted by Crippen LogP contribution is -2.16. The number of aliphatic hydroxyl groups is 1. The summed E-state index contributed by atoms with van der Waals surface area (Å²) >= 11 is 0. The highest BCUT2D eigenvalue weighted by atomic mass is 16.6. The van der Waals surface area contributed by atoms with Crippen LogP contribution in [-0.4, -0.2) is 74.9 Å². The second-order valence-electron chi connectivity index (χ2n) is 4.66. The molecule has 0 fully saturated rings. The van der Waals surface area contributed by atoms with Gasteiger partial charge in [0.25, 0.3) is 0 Å². The van der Waals surface area contributed by atoms with Crippen LogP contribution in [0.15, 0.2) is 12.3 Å². The molecule has 0 saturated carbocycles. The quantitative estimate of drug-likeness (QED) is 0.277. The summed E-state index contributed by atoms with van der Waals surface area (Å²) in [6, 6.07) is 1.70. The zero-order chi connectivity index (χ0) is 17.5. The van der Waals surface area contributed by atoms with Crippen molar-refractivity contribution in [3.05, 3.63) is 18.0 Å². The molecule has 1 aromatic heterocycles. The Morgan fingerprint density at radius 3 is 2.25 bits per heavy atom. The summed E-state index contributed by atoms with van der Waals surface area (Å²) in [7, 11) is 1.43. The molecule has 1 heterocycles. The number of hydrogen-bond acceptors (Lipinski definition) is 7. The smallest absolute Gasteiger partial charge is 0.197 e. The van der Waals surface area contributed by atoms with Crippen LogP contribution in [0.4, 0.5) is 0 Å². The van der Waals surface area contributed by atoms with Gasteiger partial charge in [-0.05, 0) is 6.07 Å². The van der Waals surface area contributed by atoms with Crippen LogP contribution in [-0.2, 0) is 30.2 Å². The van der Waals surface area contributed by atoms with Crippen molar-refractivity contribution in [2.24, 2.45) is 0 Å². The van der Waals surface area contributed by atoms with Crippen LogP contribution in [0.1, 0.15) is 12.0 Å². The molecular weight excluding hydrogens is 316 g/mol. The summed E-state index contributed by atoms with van der Waals surface area (Å²) in [6.45, 7) is 4.27. The van der Waals surface area contributed by atoms with E-state index in [1.54, 1.807) is 16.9 Å². The second-order valence-corrected chi connectivity index (χ2v) is 4.66. The van der Waals surface area contributed by atoms with Crippen LogP contribution >= 0.6 is 0 Å². The standard InChI is InChI=1S/C16H26N2O6/c1-3-7-21-9-11-23-13-14-24-12-10-22-8-6-18-15(4-5-17-18)16(19)20-2/h1,4-5,16,19H,6-14H2,2H3. The number of ether oxygens (including phenoxy) is 5. The zero-order valence-corrected chi connectivity index (χ0v) is 14.1. The van der Waals surface area contributed by atoms with Gasteiger partial charge in [0, 0.05) is 13.3 Å². The fourth-order valence-electron chi connectivity index (χ4n) is 1.80. The molecule has 0 aliphatic rings. The highest BCUT2D eigenvalue weighted by Crippen LogP contribution is 2.11. The van der Waals surface area contributed by atoms with E-state index in [-0.39, 0.29) is 0 Å². The third-order valence-corrected chi connectivity index (χ3v) is 2.97. The van der Waals surface area contributed by atoms with E-state index in [9.17, 15) is 5.11 Å². The summed E-state index contributed by atoms with van der Waals surface area (Å²) in [6.07, 6.45) is 5.67. The number of aromatic nitrogens is 2. The summed E-state index contributed by atoms with van der Waals surface area (Å²) in [5.41, 5.74) is 0.598. The van der Waals surface area contributed by atoms with E-state index < -0.39 is 6.29 Å². The Kier molecular flexibility index (Phi) is 11.9. The van der Waals surface area contributed by atoms with Gasteiger partial charge >= 0.3 is 0 Å². The molecule has 1 rings (SSSR count). The van der Waals surface area contributed by atoms with Crippen LogP contribution in [0.5, 0.6) is 0 Å². The summed E-state index contributed by atoms with van der Waals surface area (Å²) in [4.78, 5) is 0. The Hall–Kier alpha value is -1.47. The summed E-state index contributed by atoms with van der Waals surface area (Å²) in [5, 5.41) is 13.7. The molecule has 24 heavy (non-hydrogen) atoms. The first-order valence-corrected chi connectivity index (χ1v) is 7.76. The molecule has 1 N–H and O–H groups in total. The molecule has 0 bridgehead atoms. The Labute approximate surface area is 142 Å². The van der Waals surface area contributed by atoms with Crippen molar-refractivity contribution in [2.75, 3.05) is 60.0 Å². The predicted octanol–water partition coefficient (Wildman–Crippen LogP) is 0.220. The average Bonchev–Trinajstić information content (AvgIpc) is 3.06. The molecule has 1 unspecified atom stereocenters. The molecule has 136 valence electrons. The van der Waals surface area contributed by atoms with Crippen molar-refractivity contribution in [1.82, 2.24) is 9.78 Å². The monoisotopic (exact) mass is 342 g/mol. The molecule has 0 spiro atoms. The van der Waals surface area contributed by atoms with Gasteiger partial charge in [-0.15, -0.1) is 6.42 Å². The van der Waals surface area contributed by atoms with E-state index in [1.165, 1.54) is 7.11 Å². The van der Waals surface area contributed by atoms with Crippen molar-refractivity contribution in [1.29, 1.82) is 0 Å². The van der Waals surface area contributed by atoms with E-state index in [0.717, 1.165) is 0 Å². The van der Waals surface area contributed by atoms with Crippen LogP contribution in [0.25, 0.3) is 0 Å². The molecule has 0 saturated heterocycles. The zero-order valence-electron chi connectivity index (χ0n) is 14.1. The number of aliphatic hydroxyl groups excluding tert-OH is 1. The Morgan fingerprint density at radius 2 is 1.67 bits per heavy atom. The lowest BCUT2D eigenvalue weighted by Gasteiger charge is -2.12. The summed E-state index contributed by atoms with van der Waals surface area (Å²) < 4.78 is 27.7. The maximum atomic E-state index is 9.63. The van der Waals surface area contributed by atoms with Crippen molar-refractivity contribution < 1.29 is 28.8 Å². The Bertz CT molecular complexity index is 460. The van der Waals surface area contributed by atoms with Gasteiger partial charge in [0.2, 0.25) is 0 Å². The first-order chi connectivity index (χ1) is 11.8. The first-order valence-electron chi connectivity index (χ1n) is 7.76. The van der Waals surface area contributed by atoms with Crippen LogP contribution < -0.4 is 0 Å². The maximum absolute atomic E-state index is 9.63. The highest BCUT2D eigenvalue weighted by Gasteiger charge is 2.11. The van der Waals surface area contributed by atoms with Crippen LogP contribution in [0.3, 0.4) is 0 Å². The minimum absolute atomic E-state index is 0.307. The SMILES string of the molecule is C#CCOCCOCCOCCOCCn1nccc1C(O)OC. The molecule has 0 radical (unpaired) electrons. The average molecular weight is 342 g/mol. The molecule has 0 aliphatic carbocycles. The van der Waals surface area contributed by atoms with Crippen molar-refractivity contribution in [3.63, 3.8) is 0 Å². The molecule has 1 atom stereocenters. The van der Waals surface area contributed by atoms with E-state index in [4.69, 9.17) is 30.1 Å². The normalized spacial score (nSPS) is 12.2. The molecule has 0 aliphatic heterocycles. The molecule has 0 amide bonds. The predicted molar refractivity (Wildman–Crippen MR) is 86.3 cm³/mol. The fraction of sp³-hybridized carbons (Fsp3) is 0.688. The third-order valence-electron chi connectivity index (χ3n) is 2.97. The van der Waals surface area contributed by atoms with Crippen LogP contribution in [0.2, 0.25) is 0 Å². The lowest BCUT2D eigenvalue weighted by molar-refractivity contribution is -0.0831. The van der Waals surface area contributed by atoms with Gasteiger partial charge in [-0.25, -0.2) is 0 Å². The second kappa shape index (κ2) is 13.9. The molecule has 8 nitrogen and oxygen atoms in total. The number of rotatable bonds is 15. The molecular formula is C16H26N2O6. The minimum atomic E-state index is -0.979. The largest absolute Gasteiger partial charge is 0.377 e. The topological polar surface area (TPSA) is 84.2 Å². The van der Waals surface area contributed by atoms with Gasteiger partial charge in [-0.3, -0.25) is 4.68 Å². The van der Waals surface area contributed by atoms with Gasteiger partial charge in [0.15, 0.2) is 6.29 Å². The number of nitrogens with zero attached hydrogens (tertiary/aromatic N) is 2. The number of terminal acetylenes is 1. The van der Waals surface area contributed by atoms with Gasteiger partial charge < -0.3 is 28.8 Å². The summed E-state index contributed by atoms with van der Waals surface area (Å²) in [5.74, 6) is 2.38. The Balaban J connectivity index is 1.91.